The van der Waals surface area contributed by atoms with Gasteiger partial charge in [0.15, 0.2) is 5.78 Å². The highest BCUT2D eigenvalue weighted by atomic mass is 16.1. The van der Waals surface area contributed by atoms with E-state index in [1.165, 1.54) is 4.57 Å². The fourth-order valence-corrected chi connectivity index (χ4v) is 1.00. The Morgan fingerprint density at radius 2 is 2.25 bits per heavy atom. The topological polar surface area (TPSA) is 39.1 Å². The van der Waals surface area contributed by atoms with E-state index < -0.39 is 0 Å². The fourth-order valence-electron chi connectivity index (χ4n) is 1.00. The first-order chi connectivity index (χ1) is 5.66. The summed E-state index contributed by atoms with van der Waals surface area (Å²) in [5.74, 6) is -0.101. The van der Waals surface area contributed by atoms with E-state index in [0.29, 0.717) is 6.42 Å². The summed E-state index contributed by atoms with van der Waals surface area (Å²) in [6.45, 7) is 1.74. The molecule has 0 aliphatic rings. The van der Waals surface area contributed by atoms with Gasteiger partial charge in [-0.15, -0.1) is 0 Å². The zero-order valence-electron chi connectivity index (χ0n) is 7.20. The summed E-state index contributed by atoms with van der Waals surface area (Å²) in [5, 5.41) is 0. The number of hydrogen-bond acceptors (Lipinski definition) is 2. The first-order valence-corrected chi connectivity index (χ1v) is 3.85. The zero-order chi connectivity index (χ0) is 9.14. The van der Waals surface area contributed by atoms with E-state index in [9.17, 15) is 9.59 Å². The van der Waals surface area contributed by atoms with Crippen LogP contribution in [0.25, 0.3) is 0 Å². The summed E-state index contributed by atoms with van der Waals surface area (Å²) in [4.78, 5) is 22.5. The summed E-state index contributed by atoms with van der Waals surface area (Å²) in [6, 6.07) is 3.26. The summed E-state index contributed by atoms with van der Waals surface area (Å²) in [5.41, 5.74) is 0.0619. The number of hydrogen-bond donors (Lipinski definition) is 0. The third-order valence-electron chi connectivity index (χ3n) is 1.74. The van der Waals surface area contributed by atoms with Crippen LogP contribution in [-0.2, 0) is 7.05 Å². The second kappa shape index (κ2) is 3.34. The largest absolute Gasteiger partial charge is 0.318 e. The maximum absolute atomic E-state index is 11.3. The van der Waals surface area contributed by atoms with Crippen LogP contribution in [0.2, 0.25) is 0 Å². The van der Waals surface area contributed by atoms with Crippen LogP contribution in [0, 0.1) is 0 Å². The van der Waals surface area contributed by atoms with Crippen LogP contribution in [0.15, 0.2) is 23.1 Å². The van der Waals surface area contributed by atoms with E-state index in [4.69, 9.17) is 0 Å². The molecule has 0 bridgehead atoms. The van der Waals surface area contributed by atoms with Gasteiger partial charge in [-0.1, -0.05) is 6.92 Å². The molecule has 0 fully saturated rings. The summed E-state index contributed by atoms with van der Waals surface area (Å²) < 4.78 is 1.41. The standard InChI is InChI=1S/C9H11NO2/c1-3-8(11)7-5-4-6-10(2)9(7)12/h4-6H,3H2,1-2H3. The predicted octanol–water partition coefficient (Wildman–Crippen LogP) is 0.978. The van der Waals surface area contributed by atoms with Crippen molar-refractivity contribution in [1.29, 1.82) is 0 Å². The SMILES string of the molecule is CCC(=O)c1cccn(C)c1=O. The lowest BCUT2D eigenvalue weighted by Crippen LogP contribution is -2.22. The van der Waals surface area contributed by atoms with Crippen LogP contribution in [0.3, 0.4) is 0 Å². The number of rotatable bonds is 2. The lowest BCUT2D eigenvalue weighted by atomic mass is 10.1. The molecule has 0 N–H and O–H groups in total. The molecule has 0 aromatic carbocycles. The van der Waals surface area contributed by atoms with Gasteiger partial charge >= 0.3 is 0 Å². The molecule has 1 rings (SSSR count). The maximum atomic E-state index is 11.3. The Kier molecular flexibility index (Phi) is 2.43. The minimum Gasteiger partial charge on any atom is -0.318 e. The van der Waals surface area contributed by atoms with Gasteiger partial charge < -0.3 is 4.57 Å². The van der Waals surface area contributed by atoms with Gasteiger partial charge in [-0.25, -0.2) is 0 Å². The summed E-state index contributed by atoms with van der Waals surface area (Å²) in [6.07, 6.45) is 2.01. The average molecular weight is 165 g/mol. The van der Waals surface area contributed by atoms with Crippen molar-refractivity contribution in [3.8, 4) is 0 Å². The van der Waals surface area contributed by atoms with E-state index in [1.807, 2.05) is 0 Å². The third-order valence-corrected chi connectivity index (χ3v) is 1.74. The smallest absolute Gasteiger partial charge is 0.261 e. The maximum Gasteiger partial charge on any atom is 0.261 e. The predicted molar refractivity (Wildman–Crippen MR) is 46.3 cm³/mol. The van der Waals surface area contributed by atoms with Gasteiger partial charge in [-0.2, -0.15) is 0 Å². The number of ketones is 1. The monoisotopic (exact) mass is 165 g/mol. The van der Waals surface area contributed by atoms with Crippen molar-refractivity contribution in [2.45, 2.75) is 13.3 Å². The van der Waals surface area contributed by atoms with E-state index in [1.54, 1.807) is 32.3 Å². The van der Waals surface area contributed by atoms with Gasteiger partial charge in [-0.05, 0) is 12.1 Å². The van der Waals surface area contributed by atoms with E-state index in [2.05, 4.69) is 0 Å². The lowest BCUT2D eigenvalue weighted by Gasteiger charge is -1.99. The van der Waals surface area contributed by atoms with Crippen molar-refractivity contribution in [3.05, 3.63) is 34.2 Å². The van der Waals surface area contributed by atoms with Crippen LogP contribution in [0.4, 0.5) is 0 Å². The fraction of sp³-hybridized carbons (Fsp3) is 0.333. The molecular weight excluding hydrogens is 154 g/mol. The van der Waals surface area contributed by atoms with Gasteiger partial charge in [0.2, 0.25) is 0 Å². The number of carbonyl (C=O) groups excluding carboxylic acids is 1. The lowest BCUT2D eigenvalue weighted by molar-refractivity contribution is 0.0986. The summed E-state index contributed by atoms with van der Waals surface area (Å²) in [7, 11) is 1.63. The van der Waals surface area contributed by atoms with Crippen LogP contribution >= 0.6 is 0 Å². The first-order valence-electron chi connectivity index (χ1n) is 3.85. The molecule has 0 spiro atoms. The number of aryl methyl sites for hydroxylation is 1. The Balaban J connectivity index is 3.26. The molecule has 3 nitrogen and oxygen atoms in total. The molecule has 12 heavy (non-hydrogen) atoms. The molecule has 0 atom stereocenters. The Bertz CT molecular complexity index is 352. The van der Waals surface area contributed by atoms with Crippen LogP contribution in [0.1, 0.15) is 23.7 Å². The Morgan fingerprint density at radius 1 is 1.58 bits per heavy atom. The molecular formula is C9H11NO2. The van der Waals surface area contributed by atoms with Crippen molar-refractivity contribution in [1.82, 2.24) is 4.57 Å². The minimum absolute atomic E-state index is 0.101. The van der Waals surface area contributed by atoms with Crippen molar-refractivity contribution in [2.24, 2.45) is 7.05 Å². The normalized spacial score (nSPS) is 9.83. The van der Waals surface area contributed by atoms with Crippen LogP contribution < -0.4 is 5.56 Å². The molecule has 1 heterocycles. The Morgan fingerprint density at radius 3 is 2.83 bits per heavy atom. The molecule has 0 saturated carbocycles. The van der Waals surface area contributed by atoms with E-state index in [-0.39, 0.29) is 16.9 Å². The molecule has 0 radical (unpaired) electrons. The molecule has 64 valence electrons. The highest BCUT2D eigenvalue weighted by Crippen LogP contribution is 1.95. The van der Waals surface area contributed by atoms with E-state index in [0.717, 1.165) is 0 Å². The first kappa shape index (κ1) is 8.71. The van der Waals surface area contributed by atoms with E-state index >= 15 is 0 Å². The van der Waals surface area contributed by atoms with Gasteiger partial charge in [0.25, 0.3) is 5.56 Å². The third kappa shape index (κ3) is 1.44. The number of Topliss-reactive ketones (excluding diaryl/α,β-unsaturated/α-hetero) is 1. The van der Waals surface area contributed by atoms with Crippen molar-refractivity contribution in [2.75, 3.05) is 0 Å². The minimum atomic E-state index is -0.218. The highest BCUT2D eigenvalue weighted by Gasteiger charge is 2.07. The number of pyridine rings is 1. The molecule has 0 amide bonds. The van der Waals surface area contributed by atoms with Gasteiger partial charge in [0.05, 0.1) is 5.56 Å². The zero-order valence-corrected chi connectivity index (χ0v) is 7.20. The average Bonchev–Trinajstić information content (AvgIpc) is 2.08. The van der Waals surface area contributed by atoms with Crippen LogP contribution in [-0.4, -0.2) is 10.4 Å². The van der Waals surface area contributed by atoms with Crippen LogP contribution in [0.5, 0.6) is 0 Å². The van der Waals surface area contributed by atoms with Crippen molar-refractivity contribution >= 4 is 5.78 Å². The molecule has 0 aliphatic heterocycles. The molecule has 1 aromatic rings. The highest BCUT2D eigenvalue weighted by molar-refractivity contribution is 5.95. The van der Waals surface area contributed by atoms with Crippen molar-refractivity contribution in [3.63, 3.8) is 0 Å². The second-order valence-electron chi connectivity index (χ2n) is 2.61. The van der Waals surface area contributed by atoms with Gasteiger partial charge in [-0.3, -0.25) is 9.59 Å². The Labute approximate surface area is 70.6 Å². The molecule has 0 saturated heterocycles. The van der Waals surface area contributed by atoms with Gasteiger partial charge in [0.1, 0.15) is 0 Å². The quantitative estimate of drug-likeness (QED) is 0.613. The Hall–Kier alpha value is -1.38. The molecule has 3 heteroatoms. The number of carbonyl (C=O) groups is 1. The van der Waals surface area contributed by atoms with Gasteiger partial charge in [0, 0.05) is 19.7 Å². The number of nitrogens with zero attached hydrogens (tertiary/aromatic N) is 1. The summed E-state index contributed by atoms with van der Waals surface area (Å²) >= 11 is 0. The molecule has 0 aliphatic carbocycles. The second-order valence-corrected chi connectivity index (χ2v) is 2.61. The van der Waals surface area contributed by atoms with Crippen molar-refractivity contribution < 1.29 is 4.79 Å². The molecule has 0 unspecified atom stereocenters. The number of aromatic nitrogens is 1. The molecule has 1 aromatic heterocycles.